The summed E-state index contributed by atoms with van der Waals surface area (Å²) < 4.78 is 60.0. The maximum absolute atomic E-state index is 12.0. The summed E-state index contributed by atoms with van der Waals surface area (Å²) in [4.78, 5) is 11.4. The van der Waals surface area contributed by atoms with Crippen LogP contribution in [0.4, 0.5) is 13.2 Å². The molecule has 0 aliphatic rings. The third-order valence-corrected chi connectivity index (χ3v) is 4.58. The van der Waals surface area contributed by atoms with Crippen LogP contribution >= 0.6 is 0 Å². The maximum Gasteiger partial charge on any atom is 0.389 e. The van der Waals surface area contributed by atoms with Gasteiger partial charge >= 0.3 is 12.1 Å². The first-order valence-corrected chi connectivity index (χ1v) is 8.70. The molecule has 2 atom stereocenters. The van der Waals surface area contributed by atoms with E-state index in [-0.39, 0.29) is 31.0 Å². The lowest BCUT2D eigenvalue weighted by atomic mass is 10.2. The quantitative estimate of drug-likeness (QED) is 0.474. The number of nitrogens with one attached hydrogen (secondary N) is 1. The van der Waals surface area contributed by atoms with Crippen molar-refractivity contribution in [1.29, 1.82) is 4.78 Å². The molecule has 0 saturated carbocycles. The van der Waals surface area contributed by atoms with E-state index in [0.717, 1.165) is 6.42 Å². The molecule has 9 heteroatoms. The van der Waals surface area contributed by atoms with Crippen molar-refractivity contribution in [3.63, 3.8) is 0 Å². The van der Waals surface area contributed by atoms with E-state index in [0.29, 0.717) is 6.42 Å². The summed E-state index contributed by atoms with van der Waals surface area (Å²) in [5.41, 5.74) is 5.54. The van der Waals surface area contributed by atoms with Crippen LogP contribution in [0.5, 0.6) is 0 Å². The van der Waals surface area contributed by atoms with Crippen molar-refractivity contribution in [1.82, 2.24) is 0 Å². The van der Waals surface area contributed by atoms with Gasteiger partial charge in [0.15, 0.2) is 0 Å². The second kappa shape index (κ2) is 9.24. The molecular weight excluding hydrogens is 309 g/mol. The number of unbranched alkanes of at least 4 members (excludes halogenated alkanes) is 1. The first-order valence-electron chi connectivity index (χ1n) is 6.80. The first kappa shape index (κ1) is 20.2. The smallest absolute Gasteiger partial charge is 0.389 e. The Hall–Kier alpha value is -0.830. The lowest BCUT2D eigenvalue weighted by Crippen LogP contribution is -2.34. The van der Waals surface area contributed by atoms with Crippen molar-refractivity contribution in [2.75, 3.05) is 18.1 Å². The number of rotatable bonds is 10. The molecule has 0 aromatic rings. The molecule has 0 saturated heterocycles. The predicted octanol–water partition coefficient (Wildman–Crippen LogP) is 2.44. The monoisotopic (exact) mass is 332 g/mol. The van der Waals surface area contributed by atoms with E-state index in [1.807, 2.05) is 6.92 Å². The van der Waals surface area contributed by atoms with E-state index in [1.165, 1.54) is 0 Å². The van der Waals surface area contributed by atoms with E-state index >= 15 is 0 Å². The molecule has 0 aromatic carbocycles. The average Bonchev–Trinajstić information content (AvgIpc) is 2.34. The van der Waals surface area contributed by atoms with Crippen molar-refractivity contribution in [3.05, 3.63) is 0 Å². The summed E-state index contributed by atoms with van der Waals surface area (Å²) in [6.45, 7) is 2.19. The highest BCUT2D eigenvalue weighted by molar-refractivity contribution is 7.92. The number of hydrogen-bond donors (Lipinski definition) is 2. The van der Waals surface area contributed by atoms with Crippen molar-refractivity contribution in [3.8, 4) is 0 Å². The molecule has 1 unspecified atom stereocenters. The second-order valence-electron chi connectivity index (χ2n) is 4.86. The lowest BCUT2D eigenvalue weighted by Gasteiger charge is -2.13. The first-order chi connectivity index (χ1) is 9.57. The minimum absolute atomic E-state index is 0.0285. The van der Waals surface area contributed by atoms with Crippen molar-refractivity contribution in [2.45, 2.75) is 51.2 Å². The van der Waals surface area contributed by atoms with Gasteiger partial charge in [-0.05, 0) is 19.3 Å². The van der Waals surface area contributed by atoms with Crippen LogP contribution < -0.4 is 5.73 Å². The second-order valence-corrected chi connectivity index (χ2v) is 7.30. The van der Waals surface area contributed by atoms with Gasteiger partial charge in [-0.25, -0.2) is 4.21 Å². The van der Waals surface area contributed by atoms with Gasteiger partial charge < -0.3 is 10.5 Å². The van der Waals surface area contributed by atoms with Crippen molar-refractivity contribution in [2.24, 2.45) is 5.73 Å². The Morgan fingerprint density at radius 1 is 1.33 bits per heavy atom. The zero-order chi connectivity index (χ0) is 16.5. The Morgan fingerprint density at radius 3 is 2.48 bits per heavy atom. The van der Waals surface area contributed by atoms with E-state index in [2.05, 4.69) is 0 Å². The summed E-state index contributed by atoms with van der Waals surface area (Å²) in [7, 11) is -3.15. The van der Waals surface area contributed by atoms with E-state index < -0.39 is 34.3 Å². The van der Waals surface area contributed by atoms with Crippen LogP contribution in [-0.2, 0) is 19.3 Å². The Morgan fingerprint density at radius 2 is 1.95 bits per heavy atom. The number of ether oxygens (including phenoxy) is 1. The van der Waals surface area contributed by atoms with Crippen LogP contribution in [0.25, 0.3) is 0 Å². The number of alkyl halides is 3. The molecule has 0 aromatic heterocycles. The van der Waals surface area contributed by atoms with Gasteiger partial charge in [0.1, 0.15) is 6.04 Å². The third kappa shape index (κ3) is 11.5. The van der Waals surface area contributed by atoms with Crippen LogP contribution in [0, 0.1) is 4.78 Å². The molecule has 0 fully saturated rings. The maximum atomic E-state index is 12.0. The molecular formula is C12H23F3N2O3S. The minimum atomic E-state index is -4.31. The summed E-state index contributed by atoms with van der Waals surface area (Å²) in [5, 5.41) is 0. The number of halogens is 3. The average molecular weight is 332 g/mol. The van der Waals surface area contributed by atoms with Gasteiger partial charge in [-0.2, -0.15) is 13.2 Å². The molecule has 0 aliphatic carbocycles. The molecule has 0 bridgehead atoms. The topological polar surface area (TPSA) is 93.2 Å². The summed E-state index contributed by atoms with van der Waals surface area (Å²) in [5.74, 6) is -1.17. The molecule has 3 N–H and O–H groups in total. The lowest BCUT2D eigenvalue weighted by molar-refractivity contribution is -0.145. The van der Waals surface area contributed by atoms with Gasteiger partial charge in [0, 0.05) is 27.7 Å². The van der Waals surface area contributed by atoms with Crippen LogP contribution in [0.1, 0.15) is 39.0 Å². The van der Waals surface area contributed by atoms with E-state index in [9.17, 15) is 22.2 Å². The van der Waals surface area contributed by atoms with Crippen molar-refractivity contribution < 1.29 is 26.9 Å². The standard InChI is InChI=1S/C12H23F3N2O3S/c1-2-3-7-20-11(18)10(16)5-9-21(17,19)8-4-6-12(13,14)15/h10,17H,2-9,16H2,1H3/t10-,21?/m0/s1. The Bertz CT molecular complexity index is 410. The third-order valence-electron chi connectivity index (χ3n) is 2.74. The normalized spacial score (nSPS) is 16.2. The van der Waals surface area contributed by atoms with Gasteiger partial charge in [-0.1, -0.05) is 13.3 Å². The highest BCUT2D eigenvalue weighted by Gasteiger charge is 2.27. The number of carbonyl (C=O) groups excluding carboxylic acids is 1. The molecule has 0 radical (unpaired) electrons. The number of carbonyl (C=O) groups is 1. The Balaban J connectivity index is 4.04. The summed E-state index contributed by atoms with van der Waals surface area (Å²) >= 11 is 0. The fraction of sp³-hybridized carbons (Fsp3) is 0.917. The van der Waals surface area contributed by atoms with Gasteiger partial charge in [0.25, 0.3) is 0 Å². The summed E-state index contributed by atoms with van der Waals surface area (Å²) in [6.07, 6.45) is -4.18. The Kier molecular flexibility index (Phi) is 8.88. The fourth-order valence-electron chi connectivity index (χ4n) is 1.47. The SMILES string of the molecule is CCCCOC(=O)[C@@H](N)CCS(=N)(=O)CCCC(F)(F)F. The minimum Gasteiger partial charge on any atom is -0.465 e. The van der Waals surface area contributed by atoms with Gasteiger partial charge in [-0.15, -0.1) is 0 Å². The molecule has 0 rings (SSSR count). The van der Waals surface area contributed by atoms with Crippen molar-refractivity contribution >= 4 is 15.7 Å². The molecule has 126 valence electrons. The molecule has 5 nitrogen and oxygen atoms in total. The fourth-order valence-corrected chi connectivity index (χ4v) is 2.92. The zero-order valence-electron chi connectivity index (χ0n) is 12.1. The number of hydrogen-bond acceptors (Lipinski definition) is 5. The molecule has 0 aliphatic heterocycles. The van der Waals surface area contributed by atoms with Crippen LogP contribution in [0.2, 0.25) is 0 Å². The predicted molar refractivity (Wildman–Crippen MR) is 74.3 cm³/mol. The molecule has 0 amide bonds. The van der Waals surface area contributed by atoms with Crippen LogP contribution in [0.15, 0.2) is 0 Å². The highest BCUT2D eigenvalue weighted by Crippen LogP contribution is 2.21. The van der Waals surface area contributed by atoms with E-state index in [1.54, 1.807) is 0 Å². The summed E-state index contributed by atoms with van der Waals surface area (Å²) in [6, 6.07) is -0.990. The zero-order valence-corrected chi connectivity index (χ0v) is 12.9. The largest absolute Gasteiger partial charge is 0.465 e. The number of nitrogens with two attached hydrogens (primary N) is 1. The molecule has 0 heterocycles. The van der Waals surface area contributed by atoms with Gasteiger partial charge in [0.2, 0.25) is 0 Å². The van der Waals surface area contributed by atoms with Crippen LogP contribution in [0.3, 0.4) is 0 Å². The van der Waals surface area contributed by atoms with E-state index in [4.69, 9.17) is 15.3 Å². The highest BCUT2D eigenvalue weighted by atomic mass is 32.2. The van der Waals surface area contributed by atoms with Gasteiger partial charge in [-0.3, -0.25) is 9.57 Å². The Labute approximate surface area is 123 Å². The van der Waals surface area contributed by atoms with Crippen LogP contribution in [-0.4, -0.2) is 40.5 Å². The molecule has 0 spiro atoms. The molecule has 21 heavy (non-hydrogen) atoms. The van der Waals surface area contributed by atoms with Gasteiger partial charge in [0.05, 0.1) is 6.61 Å². The number of esters is 1.